The number of hydrogen-bond donors (Lipinski definition) is 0. The number of carbonyl (C=O) groups excluding carboxylic acids is 1. The lowest BCUT2D eigenvalue weighted by molar-refractivity contribution is 0.112. The van der Waals surface area contributed by atoms with Crippen molar-refractivity contribution in [1.29, 1.82) is 0 Å². The van der Waals surface area contributed by atoms with E-state index in [1.807, 2.05) is 42.5 Å². The van der Waals surface area contributed by atoms with Gasteiger partial charge in [0.15, 0.2) is 17.8 Å². The average Bonchev–Trinajstić information content (AvgIpc) is 2.58. The molecule has 4 heteroatoms. The van der Waals surface area contributed by atoms with E-state index in [0.717, 1.165) is 17.6 Å². The van der Waals surface area contributed by atoms with E-state index in [0.29, 0.717) is 23.7 Å². The van der Waals surface area contributed by atoms with E-state index >= 15 is 0 Å². The summed E-state index contributed by atoms with van der Waals surface area (Å²) in [6.07, 6.45) is 4.47. The number of ether oxygens (including phenoxy) is 3. The molecule has 0 saturated heterocycles. The predicted octanol–water partition coefficient (Wildman–Crippen LogP) is 3.61. The highest BCUT2D eigenvalue weighted by Gasteiger charge is 2.08. The van der Waals surface area contributed by atoms with Crippen LogP contribution < -0.4 is 14.2 Å². The monoisotopic (exact) mass is 298 g/mol. The maximum atomic E-state index is 11.2. The summed E-state index contributed by atoms with van der Waals surface area (Å²) in [6, 6.07) is 13.0. The van der Waals surface area contributed by atoms with Crippen LogP contribution in [-0.4, -0.2) is 27.1 Å². The first-order chi connectivity index (χ1) is 10.8. The minimum atomic E-state index is 0.413. The fourth-order valence-electron chi connectivity index (χ4n) is 1.99. The van der Waals surface area contributed by atoms with Gasteiger partial charge in [0.05, 0.1) is 14.2 Å². The molecule has 0 radical (unpaired) electrons. The number of rotatable bonds is 7. The molecule has 0 aliphatic carbocycles. The average molecular weight is 298 g/mol. The number of aldehydes is 1. The first-order valence-electron chi connectivity index (χ1n) is 6.84. The van der Waals surface area contributed by atoms with Crippen molar-refractivity contribution in [1.82, 2.24) is 0 Å². The van der Waals surface area contributed by atoms with E-state index in [1.54, 1.807) is 19.2 Å². The molecule has 0 aromatic heterocycles. The fraction of sp³-hybridized carbons (Fsp3) is 0.167. The summed E-state index contributed by atoms with van der Waals surface area (Å²) in [7, 11) is 3.10. The third kappa shape index (κ3) is 3.88. The predicted molar refractivity (Wildman–Crippen MR) is 85.9 cm³/mol. The van der Waals surface area contributed by atoms with E-state index in [4.69, 9.17) is 14.2 Å². The first kappa shape index (κ1) is 15.6. The highest BCUT2D eigenvalue weighted by Crippen LogP contribution is 2.30. The Morgan fingerprint density at radius 1 is 0.955 bits per heavy atom. The van der Waals surface area contributed by atoms with Crippen LogP contribution in [0.25, 0.3) is 6.08 Å². The molecule has 0 atom stereocenters. The summed E-state index contributed by atoms with van der Waals surface area (Å²) in [5.74, 6) is 1.91. The lowest BCUT2D eigenvalue weighted by Crippen LogP contribution is -1.96. The molecule has 0 fully saturated rings. The molecular formula is C18H18O4. The van der Waals surface area contributed by atoms with Crippen LogP contribution in [0.4, 0.5) is 0 Å². The molecule has 0 spiro atoms. The molecule has 4 nitrogen and oxygen atoms in total. The van der Waals surface area contributed by atoms with Crippen molar-refractivity contribution in [3.63, 3.8) is 0 Å². The zero-order valence-electron chi connectivity index (χ0n) is 12.6. The van der Waals surface area contributed by atoms with E-state index < -0.39 is 0 Å². The highest BCUT2D eigenvalue weighted by molar-refractivity contribution is 5.83. The minimum Gasteiger partial charge on any atom is -0.493 e. The van der Waals surface area contributed by atoms with Gasteiger partial charge in [0.2, 0.25) is 0 Å². The molecule has 2 aromatic rings. The largest absolute Gasteiger partial charge is 0.493 e. The van der Waals surface area contributed by atoms with Gasteiger partial charge in [-0.15, -0.1) is 0 Å². The van der Waals surface area contributed by atoms with Crippen LogP contribution in [0.3, 0.4) is 0 Å². The second kappa shape index (κ2) is 7.88. The van der Waals surface area contributed by atoms with Gasteiger partial charge < -0.3 is 14.2 Å². The van der Waals surface area contributed by atoms with Crippen LogP contribution >= 0.6 is 0 Å². The Hall–Kier alpha value is -2.75. The summed E-state index contributed by atoms with van der Waals surface area (Å²) in [5, 5.41) is 0. The summed E-state index contributed by atoms with van der Waals surface area (Å²) in [5.41, 5.74) is 1.29. The minimum absolute atomic E-state index is 0.413. The maximum Gasteiger partial charge on any atom is 0.161 e. The second-order valence-corrected chi connectivity index (χ2v) is 4.48. The second-order valence-electron chi connectivity index (χ2n) is 4.48. The highest BCUT2D eigenvalue weighted by atomic mass is 16.5. The van der Waals surface area contributed by atoms with Gasteiger partial charge in [0.25, 0.3) is 0 Å². The van der Waals surface area contributed by atoms with Crippen LogP contribution in [0.1, 0.15) is 15.9 Å². The molecule has 0 saturated carbocycles. The standard InChI is InChI=1S/C18H18O4/c1-20-17-11-14(15(13-19)12-18(17)21-2)7-6-10-22-16-8-4-3-5-9-16/h3-9,11-13H,10H2,1-2H3/b7-6+. The van der Waals surface area contributed by atoms with Crippen LogP contribution in [-0.2, 0) is 0 Å². The van der Waals surface area contributed by atoms with Crippen molar-refractivity contribution in [2.24, 2.45) is 0 Å². The van der Waals surface area contributed by atoms with Crippen LogP contribution in [0.2, 0.25) is 0 Å². The molecule has 0 heterocycles. The molecule has 0 unspecified atom stereocenters. The van der Waals surface area contributed by atoms with Crippen molar-refractivity contribution in [3.8, 4) is 17.2 Å². The van der Waals surface area contributed by atoms with Crippen LogP contribution in [0.5, 0.6) is 17.2 Å². The Morgan fingerprint density at radius 3 is 2.18 bits per heavy atom. The van der Waals surface area contributed by atoms with Gasteiger partial charge in [0.1, 0.15) is 12.4 Å². The summed E-state index contributed by atoms with van der Waals surface area (Å²) in [6.45, 7) is 0.413. The zero-order valence-corrected chi connectivity index (χ0v) is 12.6. The molecule has 0 bridgehead atoms. The summed E-state index contributed by atoms with van der Waals surface area (Å²) < 4.78 is 16.0. The third-order valence-corrected chi connectivity index (χ3v) is 3.10. The zero-order chi connectivity index (χ0) is 15.8. The van der Waals surface area contributed by atoms with Crippen LogP contribution in [0.15, 0.2) is 48.5 Å². The van der Waals surface area contributed by atoms with Gasteiger partial charge in [-0.2, -0.15) is 0 Å². The Bertz CT molecular complexity index is 648. The summed E-state index contributed by atoms with van der Waals surface area (Å²) in [4.78, 5) is 11.2. The number of para-hydroxylation sites is 1. The maximum absolute atomic E-state index is 11.2. The Balaban J connectivity index is 2.10. The van der Waals surface area contributed by atoms with E-state index in [-0.39, 0.29) is 0 Å². The van der Waals surface area contributed by atoms with Crippen molar-refractivity contribution >= 4 is 12.4 Å². The Kier molecular flexibility index (Phi) is 5.60. The van der Waals surface area contributed by atoms with Crippen LogP contribution in [0, 0.1) is 0 Å². The lowest BCUT2D eigenvalue weighted by atomic mass is 10.1. The Labute approximate surface area is 129 Å². The molecule has 2 rings (SSSR count). The molecule has 0 amide bonds. The molecular weight excluding hydrogens is 280 g/mol. The number of hydrogen-bond acceptors (Lipinski definition) is 4. The smallest absolute Gasteiger partial charge is 0.161 e. The van der Waals surface area contributed by atoms with Gasteiger partial charge in [0, 0.05) is 5.56 Å². The lowest BCUT2D eigenvalue weighted by Gasteiger charge is -2.10. The normalized spacial score (nSPS) is 10.5. The number of benzene rings is 2. The van der Waals surface area contributed by atoms with Crippen molar-refractivity contribution in [3.05, 3.63) is 59.7 Å². The summed E-state index contributed by atoms with van der Waals surface area (Å²) >= 11 is 0. The SMILES string of the molecule is COc1cc(C=O)c(/C=C/COc2ccccc2)cc1OC. The van der Waals surface area contributed by atoms with Gasteiger partial charge >= 0.3 is 0 Å². The first-order valence-corrected chi connectivity index (χ1v) is 6.84. The van der Waals surface area contributed by atoms with Gasteiger partial charge in [-0.3, -0.25) is 4.79 Å². The molecule has 114 valence electrons. The molecule has 22 heavy (non-hydrogen) atoms. The third-order valence-electron chi connectivity index (χ3n) is 3.10. The van der Waals surface area contributed by atoms with Crippen molar-refractivity contribution in [2.45, 2.75) is 0 Å². The molecule has 0 N–H and O–H groups in total. The molecule has 2 aromatic carbocycles. The van der Waals surface area contributed by atoms with E-state index in [1.165, 1.54) is 7.11 Å². The topological polar surface area (TPSA) is 44.8 Å². The molecule has 0 aliphatic rings. The van der Waals surface area contributed by atoms with E-state index in [2.05, 4.69) is 0 Å². The Morgan fingerprint density at radius 2 is 1.59 bits per heavy atom. The number of carbonyl (C=O) groups is 1. The molecule has 0 aliphatic heterocycles. The van der Waals surface area contributed by atoms with Gasteiger partial charge in [-0.05, 0) is 35.9 Å². The quantitative estimate of drug-likeness (QED) is 0.733. The fourth-order valence-corrected chi connectivity index (χ4v) is 1.99. The van der Waals surface area contributed by atoms with Crippen molar-refractivity contribution in [2.75, 3.05) is 20.8 Å². The van der Waals surface area contributed by atoms with Crippen molar-refractivity contribution < 1.29 is 19.0 Å². The van der Waals surface area contributed by atoms with Gasteiger partial charge in [-0.1, -0.05) is 24.3 Å². The van der Waals surface area contributed by atoms with Gasteiger partial charge in [-0.25, -0.2) is 0 Å². The van der Waals surface area contributed by atoms with E-state index in [9.17, 15) is 4.79 Å². The number of methoxy groups -OCH3 is 2.